The van der Waals surface area contributed by atoms with Crippen LogP contribution in [0.15, 0.2) is 91.0 Å². The summed E-state index contributed by atoms with van der Waals surface area (Å²) < 4.78 is 26.8. The van der Waals surface area contributed by atoms with E-state index in [9.17, 15) is 4.39 Å². The van der Waals surface area contributed by atoms with Gasteiger partial charge < -0.3 is 20.9 Å². The van der Waals surface area contributed by atoms with Gasteiger partial charge in [0.05, 0.1) is 35.3 Å². The molecule has 4 aliphatic rings. The fourth-order valence-electron chi connectivity index (χ4n) is 7.79. The number of benzene rings is 4. The second-order valence-electron chi connectivity index (χ2n) is 13.5. The minimum Gasteiger partial charge on any atom is -0.484 e. The maximum atomic E-state index is 14.3. The van der Waals surface area contributed by atoms with Crippen LogP contribution >= 0.6 is 0 Å². The Kier molecular flexibility index (Phi) is 9.61. The Morgan fingerprint density at radius 1 is 0.653 bits per heavy atom. The van der Waals surface area contributed by atoms with E-state index in [1.165, 1.54) is 22.8 Å². The van der Waals surface area contributed by atoms with E-state index >= 15 is 0 Å². The molecule has 2 aliphatic heterocycles. The summed E-state index contributed by atoms with van der Waals surface area (Å²) in [6.07, 6.45) is 3.69. The van der Waals surface area contributed by atoms with Gasteiger partial charge in [0, 0.05) is 38.3 Å². The maximum Gasteiger partial charge on any atom is 0.166 e. The summed E-state index contributed by atoms with van der Waals surface area (Å²) in [5, 5.41) is 17.8. The highest BCUT2D eigenvalue weighted by molar-refractivity contribution is 5.41. The number of halogens is 1. The predicted molar refractivity (Wildman–Crippen MR) is 185 cm³/mol. The molecule has 2 aliphatic carbocycles. The second kappa shape index (κ2) is 14.4. The van der Waals surface area contributed by atoms with Crippen LogP contribution in [-0.2, 0) is 12.8 Å². The molecule has 2 heterocycles. The van der Waals surface area contributed by atoms with E-state index in [-0.39, 0.29) is 36.1 Å². The highest BCUT2D eigenvalue weighted by atomic mass is 19.1. The van der Waals surface area contributed by atoms with Crippen molar-refractivity contribution in [1.82, 2.24) is 9.80 Å². The normalized spacial score (nSPS) is 25.8. The lowest BCUT2D eigenvalue weighted by Crippen LogP contribution is -2.40. The third kappa shape index (κ3) is 7.03. The summed E-state index contributed by atoms with van der Waals surface area (Å²) in [5.74, 6) is 0.499. The monoisotopic (exact) mass is 656 g/mol. The van der Waals surface area contributed by atoms with Gasteiger partial charge in [-0.3, -0.25) is 9.80 Å². The Morgan fingerprint density at radius 2 is 1.16 bits per heavy atom. The molecule has 8 rings (SSSR count). The van der Waals surface area contributed by atoms with Gasteiger partial charge in [-0.15, -0.1) is 0 Å². The average Bonchev–Trinajstić information content (AvgIpc) is 3.92. The molecule has 0 amide bonds. The van der Waals surface area contributed by atoms with Crippen LogP contribution in [0.5, 0.6) is 11.5 Å². The first kappa shape index (κ1) is 32.8. The first-order valence-corrected chi connectivity index (χ1v) is 17.1. The average molecular weight is 657 g/mol. The van der Waals surface area contributed by atoms with Crippen LogP contribution in [0.3, 0.4) is 0 Å². The molecular formula is C40H41FN6O2. The number of rotatable bonds is 6. The summed E-state index contributed by atoms with van der Waals surface area (Å²) in [6.45, 7) is 3.75. The Morgan fingerprint density at radius 3 is 1.65 bits per heavy atom. The number of hydrogen-bond acceptors (Lipinski definition) is 8. The number of ether oxygens (including phenoxy) is 2. The van der Waals surface area contributed by atoms with E-state index < -0.39 is 5.82 Å². The van der Waals surface area contributed by atoms with Crippen LogP contribution < -0.4 is 20.9 Å². The van der Waals surface area contributed by atoms with Crippen LogP contribution in [0.2, 0.25) is 0 Å². The molecule has 0 radical (unpaired) electrons. The molecule has 8 nitrogen and oxygen atoms in total. The van der Waals surface area contributed by atoms with Crippen LogP contribution in [0.1, 0.15) is 58.4 Å². The molecule has 0 aromatic heterocycles. The van der Waals surface area contributed by atoms with Gasteiger partial charge >= 0.3 is 0 Å². The van der Waals surface area contributed by atoms with E-state index in [4.69, 9.17) is 31.5 Å². The van der Waals surface area contributed by atoms with Crippen molar-refractivity contribution >= 4 is 0 Å². The molecule has 4 aromatic rings. The van der Waals surface area contributed by atoms with Crippen molar-refractivity contribution in [3.05, 3.63) is 130 Å². The number of nitriles is 2. The zero-order chi connectivity index (χ0) is 33.9. The van der Waals surface area contributed by atoms with Crippen LogP contribution in [0, 0.1) is 28.5 Å². The molecule has 4 aromatic carbocycles. The molecule has 49 heavy (non-hydrogen) atoms. The lowest BCUT2D eigenvalue weighted by Gasteiger charge is -2.30. The highest BCUT2D eigenvalue weighted by Gasteiger charge is 2.41. The van der Waals surface area contributed by atoms with E-state index in [1.54, 1.807) is 24.3 Å². The van der Waals surface area contributed by atoms with Crippen molar-refractivity contribution in [3.8, 4) is 23.6 Å². The number of nitrogens with zero attached hydrogens (tertiary/aromatic N) is 4. The molecule has 2 fully saturated rings. The molecule has 0 unspecified atom stereocenters. The Hall–Kier alpha value is -4.77. The summed E-state index contributed by atoms with van der Waals surface area (Å²) >= 11 is 0. The van der Waals surface area contributed by atoms with Gasteiger partial charge in [-0.2, -0.15) is 10.5 Å². The first-order valence-electron chi connectivity index (χ1n) is 17.1. The number of hydrogen-bond donors (Lipinski definition) is 2. The Bertz CT molecular complexity index is 1870. The van der Waals surface area contributed by atoms with Crippen LogP contribution in [-0.4, -0.2) is 60.1 Å². The molecule has 9 heteroatoms. The minimum atomic E-state index is -0.500. The number of likely N-dealkylation sites (tertiary alicyclic amines) is 2. The molecule has 2 saturated heterocycles. The molecule has 0 saturated carbocycles. The van der Waals surface area contributed by atoms with Gasteiger partial charge in [0.1, 0.15) is 18.0 Å². The lowest BCUT2D eigenvalue weighted by molar-refractivity contribution is 0.0898. The van der Waals surface area contributed by atoms with Crippen molar-refractivity contribution in [2.24, 2.45) is 11.5 Å². The fraction of sp³-hybridized carbons (Fsp3) is 0.350. The number of nitrogens with two attached hydrogens (primary N) is 2. The molecule has 250 valence electrons. The van der Waals surface area contributed by atoms with E-state index in [1.807, 2.05) is 30.3 Å². The van der Waals surface area contributed by atoms with Crippen molar-refractivity contribution in [2.75, 3.05) is 26.2 Å². The third-order valence-corrected chi connectivity index (χ3v) is 10.3. The minimum absolute atomic E-state index is 0.0134. The van der Waals surface area contributed by atoms with Gasteiger partial charge in [-0.25, -0.2) is 4.39 Å². The van der Waals surface area contributed by atoms with E-state index in [2.05, 4.69) is 52.3 Å². The molecule has 0 bridgehead atoms. The summed E-state index contributed by atoms with van der Waals surface area (Å²) in [4.78, 5) is 4.83. The van der Waals surface area contributed by atoms with E-state index in [0.29, 0.717) is 17.2 Å². The van der Waals surface area contributed by atoms with Gasteiger partial charge in [-0.05, 0) is 90.4 Å². The standard InChI is InChI=1S/C20H20FN3O.C20H21N3O/c21-17-9-13(11-22)5-6-19(17)25-20-16-4-2-1-3-14(16)10-18(20)24-8-7-15(23)12-24;21-12-14-5-7-17(8-6-14)24-20-18-4-2-1-3-15(18)11-19(20)23-10-9-16(22)13-23/h1-6,9,15,18,20H,7-8,10,12,23H2;1-8,16,19-20H,9-11,13,22H2/t15-,18-,20-;16-,19-,20-/m11/s1. The fourth-order valence-corrected chi connectivity index (χ4v) is 7.79. The number of fused-ring (bicyclic) bond motifs is 2. The molecular weight excluding hydrogens is 615 g/mol. The quantitative estimate of drug-likeness (QED) is 0.282. The zero-order valence-electron chi connectivity index (χ0n) is 27.4. The topological polar surface area (TPSA) is 125 Å². The Balaban J connectivity index is 0.000000154. The summed E-state index contributed by atoms with van der Waals surface area (Å²) in [6, 6.07) is 33.4. The van der Waals surface area contributed by atoms with E-state index in [0.717, 1.165) is 63.2 Å². The molecule has 4 N–H and O–H groups in total. The van der Waals surface area contributed by atoms with Crippen molar-refractivity contribution in [2.45, 2.75) is 62.1 Å². The molecule has 6 atom stereocenters. The second-order valence-corrected chi connectivity index (χ2v) is 13.5. The molecule has 0 spiro atoms. The summed E-state index contributed by atoms with van der Waals surface area (Å²) in [5.41, 5.74) is 18.1. The zero-order valence-corrected chi connectivity index (χ0v) is 27.4. The van der Waals surface area contributed by atoms with Gasteiger partial charge in [-0.1, -0.05) is 48.5 Å². The third-order valence-electron chi connectivity index (χ3n) is 10.3. The predicted octanol–water partition coefficient (Wildman–Crippen LogP) is 5.41. The van der Waals surface area contributed by atoms with Crippen LogP contribution in [0.4, 0.5) is 4.39 Å². The van der Waals surface area contributed by atoms with Gasteiger partial charge in [0.25, 0.3) is 0 Å². The largest absolute Gasteiger partial charge is 0.484 e. The van der Waals surface area contributed by atoms with Crippen molar-refractivity contribution in [1.29, 1.82) is 10.5 Å². The lowest BCUT2D eigenvalue weighted by atomic mass is 10.1. The van der Waals surface area contributed by atoms with Gasteiger partial charge in [0.15, 0.2) is 11.6 Å². The van der Waals surface area contributed by atoms with Gasteiger partial charge in [0.2, 0.25) is 0 Å². The van der Waals surface area contributed by atoms with Crippen LogP contribution in [0.25, 0.3) is 0 Å². The summed E-state index contributed by atoms with van der Waals surface area (Å²) in [7, 11) is 0. The SMILES string of the molecule is N#Cc1ccc(O[C@@H]2c3ccccc3C[C@H]2N2CC[C@@H](N)C2)c(F)c1.N#Cc1ccc(O[C@@H]2c3ccccc3C[C@H]2N2CC[C@@H](N)C2)cc1. The smallest absolute Gasteiger partial charge is 0.166 e. The first-order chi connectivity index (χ1) is 23.9. The van der Waals surface area contributed by atoms with Crippen molar-refractivity contribution in [3.63, 3.8) is 0 Å². The highest BCUT2D eigenvalue weighted by Crippen LogP contribution is 2.41. The Labute approximate surface area is 287 Å². The maximum absolute atomic E-state index is 14.3. The van der Waals surface area contributed by atoms with Crippen molar-refractivity contribution < 1.29 is 13.9 Å².